The van der Waals surface area contributed by atoms with E-state index in [1.54, 1.807) is 23.9 Å². The normalized spacial score (nSPS) is 17.5. The van der Waals surface area contributed by atoms with Crippen LogP contribution in [0.15, 0.2) is 35.9 Å². The number of nitrogens with two attached hydrogens (primary N) is 2. The summed E-state index contributed by atoms with van der Waals surface area (Å²) in [5.41, 5.74) is 5.51. The Morgan fingerprint density at radius 1 is 1.35 bits per heavy atom. The summed E-state index contributed by atoms with van der Waals surface area (Å²) < 4.78 is 41.0. The summed E-state index contributed by atoms with van der Waals surface area (Å²) in [6.45, 7) is 5.69. The zero-order valence-corrected chi connectivity index (χ0v) is 17.9. The smallest absolute Gasteiger partial charge is 0.399 e. The fraction of sp³-hybridized carbons (Fsp3) is 0.421. The Balaban J connectivity index is 1.87. The minimum atomic E-state index is -4.77. The first-order chi connectivity index (χ1) is 14.4. The molecule has 0 unspecified atom stereocenters. The molecule has 1 atom stereocenters. The van der Waals surface area contributed by atoms with E-state index in [1.807, 2.05) is 13.8 Å². The van der Waals surface area contributed by atoms with Crippen molar-refractivity contribution in [3.63, 3.8) is 0 Å². The average molecular weight is 458 g/mol. The number of rotatable bonds is 4. The van der Waals surface area contributed by atoms with Gasteiger partial charge in [-0.15, -0.1) is 0 Å². The lowest BCUT2D eigenvalue weighted by atomic mass is 10.0. The van der Waals surface area contributed by atoms with Crippen molar-refractivity contribution in [3.8, 4) is 0 Å². The first kappa shape index (κ1) is 22.9. The fourth-order valence-electron chi connectivity index (χ4n) is 3.32. The Kier molecular flexibility index (Phi) is 6.19. The van der Waals surface area contributed by atoms with Gasteiger partial charge in [0.1, 0.15) is 0 Å². The third kappa shape index (κ3) is 4.47. The Morgan fingerprint density at radius 2 is 2.03 bits per heavy atom. The number of anilines is 1. The van der Waals surface area contributed by atoms with E-state index in [0.29, 0.717) is 17.2 Å². The van der Waals surface area contributed by atoms with Crippen LogP contribution in [0.4, 0.5) is 19.0 Å². The number of carbonyl (C=O) groups excluding carboxylic acids is 1. The number of carbonyl (C=O) groups is 1. The van der Waals surface area contributed by atoms with E-state index >= 15 is 0 Å². The molecule has 8 nitrogen and oxygen atoms in total. The predicted octanol–water partition coefficient (Wildman–Crippen LogP) is 3.32. The van der Waals surface area contributed by atoms with Crippen LogP contribution in [0, 0.1) is 0 Å². The number of hydrazine groups is 1. The third-order valence-electron chi connectivity index (χ3n) is 5.04. The molecule has 1 aliphatic heterocycles. The SMILES string of the molecule is CC(C)n1ccc(N(N)C2=C(N)CN(C(=O)c3ccnc(C(F)(F)F)c3Cl)[C@@H](C)C2)n1. The zero-order chi connectivity index (χ0) is 23.1. The number of aromatic nitrogens is 3. The maximum absolute atomic E-state index is 13.1. The first-order valence-electron chi connectivity index (χ1n) is 9.52. The molecule has 3 rings (SSSR count). The number of alkyl halides is 3. The molecule has 1 amide bonds. The van der Waals surface area contributed by atoms with Gasteiger partial charge in [-0.25, -0.2) is 5.84 Å². The summed E-state index contributed by atoms with van der Waals surface area (Å²) in [6, 6.07) is 2.67. The summed E-state index contributed by atoms with van der Waals surface area (Å²) in [4.78, 5) is 17.6. The van der Waals surface area contributed by atoms with Crippen molar-refractivity contribution in [2.45, 2.75) is 45.5 Å². The zero-order valence-electron chi connectivity index (χ0n) is 17.2. The van der Waals surface area contributed by atoms with Crippen LogP contribution in [-0.2, 0) is 6.18 Å². The van der Waals surface area contributed by atoms with Gasteiger partial charge in [-0.3, -0.25) is 19.5 Å². The monoisotopic (exact) mass is 457 g/mol. The molecule has 0 bridgehead atoms. The lowest BCUT2D eigenvalue weighted by Crippen LogP contribution is -2.48. The molecule has 2 aromatic rings. The van der Waals surface area contributed by atoms with Crippen LogP contribution < -0.4 is 16.6 Å². The molecule has 2 aromatic heterocycles. The molecule has 0 aromatic carbocycles. The molecule has 12 heteroatoms. The first-order valence-corrected chi connectivity index (χ1v) is 9.89. The van der Waals surface area contributed by atoms with Crippen LogP contribution in [0.25, 0.3) is 0 Å². The molecule has 0 saturated carbocycles. The molecule has 168 valence electrons. The molecule has 4 N–H and O–H groups in total. The minimum Gasteiger partial charge on any atom is -0.399 e. The van der Waals surface area contributed by atoms with Crippen LogP contribution in [0.3, 0.4) is 0 Å². The van der Waals surface area contributed by atoms with Gasteiger partial charge in [-0.2, -0.15) is 18.3 Å². The van der Waals surface area contributed by atoms with Gasteiger partial charge in [0.05, 0.1) is 22.8 Å². The number of halogens is 4. The summed E-state index contributed by atoms with van der Waals surface area (Å²) >= 11 is 5.87. The molecule has 1 aliphatic rings. The van der Waals surface area contributed by atoms with Crippen molar-refractivity contribution in [1.29, 1.82) is 0 Å². The lowest BCUT2D eigenvalue weighted by molar-refractivity contribution is -0.141. The summed E-state index contributed by atoms with van der Waals surface area (Å²) in [6.07, 6.45) is -1.78. The van der Waals surface area contributed by atoms with Crippen molar-refractivity contribution in [2.75, 3.05) is 11.6 Å². The molecule has 0 radical (unpaired) electrons. The second-order valence-corrected chi connectivity index (χ2v) is 7.97. The molecule has 31 heavy (non-hydrogen) atoms. The van der Waals surface area contributed by atoms with Crippen molar-refractivity contribution in [3.05, 3.63) is 52.2 Å². The van der Waals surface area contributed by atoms with Crippen molar-refractivity contribution >= 4 is 23.3 Å². The van der Waals surface area contributed by atoms with Gasteiger partial charge in [0.15, 0.2) is 11.5 Å². The quantitative estimate of drug-likeness (QED) is 0.539. The Bertz CT molecular complexity index is 1020. The van der Waals surface area contributed by atoms with Crippen molar-refractivity contribution < 1.29 is 18.0 Å². The standard InChI is InChI=1S/C19H23ClF3N7O/c1-10(2)29-7-5-15(27-29)30(25)14-8-11(3)28(9-13(14)24)18(31)12-4-6-26-17(16(12)20)19(21,22)23/h4-7,10-11H,8-9,24-25H2,1-3H3/t11-/m0/s1. The number of hydrogen-bond acceptors (Lipinski definition) is 6. The Morgan fingerprint density at radius 3 is 2.61 bits per heavy atom. The van der Waals surface area contributed by atoms with Crippen LogP contribution in [0.1, 0.15) is 49.3 Å². The minimum absolute atomic E-state index is 0.0199. The van der Waals surface area contributed by atoms with Crippen LogP contribution >= 0.6 is 11.6 Å². The van der Waals surface area contributed by atoms with Crippen molar-refractivity contribution in [1.82, 2.24) is 19.7 Å². The van der Waals surface area contributed by atoms with Crippen LogP contribution in [0.2, 0.25) is 5.02 Å². The highest BCUT2D eigenvalue weighted by Gasteiger charge is 2.38. The molecule has 0 spiro atoms. The van der Waals surface area contributed by atoms with Gasteiger partial charge < -0.3 is 10.6 Å². The summed E-state index contributed by atoms with van der Waals surface area (Å²) in [7, 11) is 0. The second kappa shape index (κ2) is 8.39. The molecular formula is C19H23ClF3N7O. The van der Waals surface area contributed by atoms with Crippen LogP contribution in [-0.4, -0.2) is 38.2 Å². The van der Waals surface area contributed by atoms with Gasteiger partial charge in [-0.1, -0.05) is 11.6 Å². The molecular weight excluding hydrogens is 435 g/mol. The lowest BCUT2D eigenvalue weighted by Gasteiger charge is -2.37. The van der Waals surface area contributed by atoms with Gasteiger partial charge in [0.2, 0.25) is 0 Å². The van der Waals surface area contributed by atoms with E-state index in [9.17, 15) is 18.0 Å². The maximum Gasteiger partial charge on any atom is 0.434 e. The maximum atomic E-state index is 13.1. The predicted molar refractivity (Wildman–Crippen MR) is 110 cm³/mol. The Hall–Kier alpha value is -2.79. The van der Waals surface area contributed by atoms with E-state index in [4.69, 9.17) is 23.2 Å². The number of hydrogen-bond donors (Lipinski definition) is 2. The second-order valence-electron chi connectivity index (χ2n) is 7.59. The number of nitrogens with zero attached hydrogens (tertiary/aromatic N) is 5. The molecule has 3 heterocycles. The topological polar surface area (TPSA) is 106 Å². The van der Waals surface area contributed by atoms with E-state index in [1.165, 1.54) is 9.91 Å². The summed E-state index contributed by atoms with van der Waals surface area (Å²) in [5, 5.41) is 5.04. The van der Waals surface area contributed by atoms with E-state index < -0.39 is 28.8 Å². The van der Waals surface area contributed by atoms with Crippen LogP contribution in [0.5, 0.6) is 0 Å². The van der Waals surface area contributed by atoms with E-state index in [-0.39, 0.29) is 24.6 Å². The highest BCUT2D eigenvalue weighted by molar-refractivity contribution is 6.34. The fourth-order valence-corrected chi connectivity index (χ4v) is 3.62. The van der Waals surface area contributed by atoms with Crippen molar-refractivity contribution in [2.24, 2.45) is 11.6 Å². The molecule has 0 aliphatic carbocycles. The number of pyridine rings is 1. The van der Waals surface area contributed by atoms with Gasteiger partial charge in [0.25, 0.3) is 5.91 Å². The van der Waals surface area contributed by atoms with E-state index in [0.717, 1.165) is 12.3 Å². The highest BCUT2D eigenvalue weighted by Crippen LogP contribution is 2.35. The van der Waals surface area contributed by atoms with Gasteiger partial charge in [0, 0.05) is 42.7 Å². The highest BCUT2D eigenvalue weighted by atomic mass is 35.5. The largest absolute Gasteiger partial charge is 0.434 e. The third-order valence-corrected chi connectivity index (χ3v) is 5.42. The molecule has 0 fully saturated rings. The Labute approximate surface area is 182 Å². The van der Waals surface area contributed by atoms with Gasteiger partial charge >= 0.3 is 6.18 Å². The summed E-state index contributed by atoms with van der Waals surface area (Å²) in [5.74, 6) is 6.05. The number of amides is 1. The molecule has 0 saturated heterocycles. The van der Waals surface area contributed by atoms with E-state index in [2.05, 4.69) is 10.1 Å². The van der Waals surface area contributed by atoms with Gasteiger partial charge in [-0.05, 0) is 26.8 Å². The average Bonchev–Trinajstić information content (AvgIpc) is 3.18.